The lowest BCUT2D eigenvalue weighted by Crippen LogP contribution is -2.32. The molecule has 0 saturated carbocycles. The van der Waals surface area contributed by atoms with E-state index in [0.29, 0.717) is 0 Å². The van der Waals surface area contributed by atoms with Crippen LogP contribution in [0.4, 0.5) is 0 Å². The molecule has 1 heterocycles. The molecule has 1 fully saturated rings. The molecule has 4 nitrogen and oxygen atoms in total. The molecule has 1 aromatic carbocycles. The number of hydrogen-bond acceptors (Lipinski definition) is 3. The Balaban J connectivity index is 2.04. The maximum Gasteiger partial charge on any atom is 0.260 e. The summed E-state index contributed by atoms with van der Waals surface area (Å²) in [6.45, 7) is 3.90. The number of carbonyl (C=O) groups is 1. The number of amides is 1. The highest BCUT2D eigenvalue weighted by Crippen LogP contribution is 2.28. The van der Waals surface area contributed by atoms with E-state index >= 15 is 0 Å². The zero-order valence-electron chi connectivity index (χ0n) is 12.0. The fourth-order valence-electron chi connectivity index (χ4n) is 2.34. The molecule has 0 spiro atoms. The minimum Gasteiger partial charge on any atom is -0.483 e. The Morgan fingerprint density at radius 2 is 2.15 bits per heavy atom. The lowest BCUT2D eigenvalue weighted by molar-refractivity contribution is -0.132. The predicted molar refractivity (Wildman–Crippen MR) is 82.9 cm³/mol. The molecule has 1 aliphatic heterocycles. The summed E-state index contributed by atoms with van der Waals surface area (Å²) in [4.78, 5) is 13.9. The highest BCUT2D eigenvalue weighted by molar-refractivity contribution is 9.10. The van der Waals surface area contributed by atoms with Crippen molar-refractivity contribution in [3.63, 3.8) is 0 Å². The summed E-state index contributed by atoms with van der Waals surface area (Å²) < 4.78 is 6.71. The minimum atomic E-state index is 0.0746. The Hall–Kier alpha value is -1.07. The van der Waals surface area contributed by atoms with Crippen molar-refractivity contribution in [3.8, 4) is 5.75 Å². The van der Waals surface area contributed by atoms with E-state index in [0.717, 1.165) is 41.7 Å². The van der Waals surface area contributed by atoms with Gasteiger partial charge in [0, 0.05) is 29.2 Å². The normalized spacial score (nSPS) is 16.2. The van der Waals surface area contributed by atoms with Gasteiger partial charge in [0.15, 0.2) is 6.61 Å². The summed E-state index contributed by atoms with van der Waals surface area (Å²) >= 11 is 3.44. The largest absolute Gasteiger partial charge is 0.483 e. The summed E-state index contributed by atoms with van der Waals surface area (Å²) in [6, 6.07) is 6.10. The molecule has 1 saturated heterocycles. The van der Waals surface area contributed by atoms with Crippen LogP contribution in [0, 0.1) is 0 Å². The molecule has 2 rings (SSSR count). The fourth-order valence-corrected chi connectivity index (χ4v) is 2.68. The molecule has 1 atom stereocenters. The van der Waals surface area contributed by atoms with Crippen LogP contribution in [0.15, 0.2) is 22.7 Å². The third-order valence-electron chi connectivity index (χ3n) is 3.69. The Bertz CT molecular complexity index is 473. The second-order valence-corrected chi connectivity index (χ2v) is 5.98. The van der Waals surface area contributed by atoms with Crippen LogP contribution in [0.2, 0.25) is 0 Å². The molecule has 1 amide bonds. The van der Waals surface area contributed by atoms with E-state index in [1.807, 2.05) is 30.1 Å². The molecular weight excluding hydrogens is 320 g/mol. The quantitative estimate of drug-likeness (QED) is 0.895. The molecule has 1 N–H and O–H groups in total. The summed E-state index contributed by atoms with van der Waals surface area (Å²) in [7, 11) is 1.91. The van der Waals surface area contributed by atoms with Crippen LogP contribution in [0.25, 0.3) is 0 Å². The van der Waals surface area contributed by atoms with E-state index in [1.165, 1.54) is 0 Å². The van der Waals surface area contributed by atoms with Crippen LogP contribution < -0.4 is 10.1 Å². The van der Waals surface area contributed by atoms with Gasteiger partial charge in [0.2, 0.25) is 0 Å². The van der Waals surface area contributed by atoms with Crippen LogP contribution in [0.3, 0.4) is 0 Å². The Morgan fingerprint density at radius 3 is 2.80 bits per heavy atom. The summed E-state index contributed by atoms with van der Waals surface area (Å²) in [5, 5.41) is 3.19. The molecule has 110 valence electrons. The van der Waals surface area contributed by atoms with Gasteiger partial charge in [-0.05, 0) is 38.9 Å². The van der Waals surface area contributed by atoms with E-state index in [2.05, 4.69) is 28.2 Å². The van der Waals surface area contributed by atoms with Crippen LogP contribution in [-0.2, 0) is 4.79 Å². The lowest BCUT2D eigenvalue weighted by atomic mass is 10.1. The second-order valence-electron chi connectivity index (χ2n) is 5.07. The van der Waals surface area contributed by atoms with E-state index in [-0.39, 0.29) is 18.6 Å². The molecule has 0 aromatic heterocycles. The number of rotatable bonds is 5. The molecule has 0 radical (unpaired) electrons. The van der Waals surface area contributed by atoms with E-state index in [1.54, 1.807) is 0 Å². The zero-order chi connectivity index (χ0) is 14.5. The molecule has 0 aliphatic carbocycles. The van der Waals surface area contributed by atoms with Crippen LogP contribution in [-0.4, -0.2) is 37.6 Å². The lowest BCUT2D eigenvalue weighted by Gasteiger charge is -2.19. The van der Waals surface area contributed by atoms with E-state index in [9.17, 15) is 4.79 Å². The number of halogens is 1. The van der Waals surface area contributed by atoms with Crippen molar-refractivity contribution in [1.29, 1.82) is 0 Å². The predicted octanol–water partition coefficient (Wildman–Crippen LogP) is 2.73. The van der Waals surface area contributed by atoms with Gasteiger partial charge in [-0.1, -0.05) is 22.0 Å². The van der Waals surface area contributed by atoms with E-state index in [4.69, 9.17) is 4.74 Å². The van der Waals surface area contributed by atoms with Crippen molar-refractivity contribution in [2.24, 2.45) is 0 Å². The highest BCUT2D eigenvalue weighted by Gasteiger charge is 2.19. The van der Waals surface area contributed by atoms with Crippen molar-refractivity contribution in [2.45, 2.75) is 25.8 Å². The first-order valence-corrected chi connectivity index (χ1v) is 7.78. The summed E-state index contributed by atoms with van der Waals surface area (Å²) in [6.07, 6.45) is 2.20. The van der Waals surface area contributed by atoms with Crippen LogP contribution >= 0.6 is 15.9 Å². The Morgan fingerprint density at radius 1 is 1.45 bits per heavy atom. The molecule has 0 bridgehead atoms. The first kappa shape index (κ1) is 15.3. The fraction of sp³-hybridized carbons (Fsp3) is 0.533. The highest BCUT2D eigenvalue weighted by atomic mass is 79.9. The first-order chi connectivity index (χ1) is 9.61. The van der Waals surface area contributed by atoms with Crippen molar-refractivity contribution >= 4 is 21.8 Å². The van der Waals surface area contributed by atoms with Gasteiger partial charge in [-0.15, -0.1) is 0 Å². The van der Waals surface area contributed by atoms with E-state index < -0.39 is 0 Å². The zero-order valence-corrected chi connectivity index (χ0v) is 13.6. The second kappa shape index (κ2) is 7.09. The minimum absolute atomic E-state index is 0.0746. The number of ether oxygens (including phenoxy) is 1. The average molecular weight is 341 g/mol. The molecule has 5 heteroatoms. The molecule has 20 heavy (non-hydrogen) atoms. The summed E-state index contributed by atoms with van der Waals surface area (Å²) in [5.41, 5.74) is 1.06. The molecular formula is C15H21BrN2O2. The third kappa shape index (κ3) is 3.73. The maximum absolute atomic E-state index is 12.0. The molecule has 1 unspecified atom stereocenters. The maximum atomic E-state index is 12.0. The SMILES string of the molecule is CNC(C)c1ccc(Br)cc1OCC(=O)N1CCCC1. The third-order valence-corrected chi connectivity index (χ3v) is 4.18. The Labute approximate surface area is 128 Å². The molecule has 1 aliphatic rings. The van der Waals surface area contributed by atoms with Crippen LogP contribution in [0.1, 0.15) is 31.4 Å². The average Bonchev–Trinajstić information content (AvgIpc) is 2.98. The number of hydrogen-bond donors (Lipinski definition) is 1. The molecule has 1 aromatic rings. The topological polar surface area (TPSA) is 41.6 Å². The van der Waals surface area contributed by atoms with Crippen molar-refractivity contribution in [2.75, 3.05) is 26.7 Å². The smallest absolute Gasteiger partial charge is 0.260 e. The standard InChI is InChI=1S/C15H21BrN2O2/c1-11(17-2)13-6-5-12(16)9-14(13)20-10-15(19)18-7-3-4-8-18/h5-6,9,11,17H,3-4,7-8,10H2,1-2H3. The first-order valence-electron chi connectivity index (χ1n) is 6.99. The van der Waals surface area contributed by atoms with Gasteiger partial charge in [-0.25, -0.2) is 0 Å². The Kier molecular flexibility index (Phi) is 5.43. The van der Waals surface area contributed by atoms with Gasteiger partial charge in [-0.2, -0.15) is 0 Å². The van der Waals surface area contributed by atoms with Crippen molar-refractivity contribution in [3.05, 3.63) is 28.2 Å². The number of nitrogens with one attached hydrogen (secondary N) is 1. The van der Waals surface area contributed by atoms with Gasteiger partial charge in [0.05, 0.1) is 0 Å². The van der Waals surface area contributed by atoms with Gasteiger partial charge in [0.25, 0.3) is 5.91 Å². The van der Waals surface area contributed by atoms with Crippen molar-refractivity contribution < 1.29 is 9.53 Å². The summed E-state index contributed by atoms with van der Waals surface area (Å²) in [5.74, 6) is 0.833. The monoisotopic (exact) mass is 340 g/mol. The number of carbonyl (C=O) groups excluding carboxylic acids is 1. The van der Waals surface area contributed by atoms with Crippen molar-refractivity contribution in [1.82, 2.24) is 10.2 Å². The number of likely N-dealkylation sites (tertiary alicyclic amines) is 1. The number of nitrogens with zero attached hydrogens (tertiary/aromatic N) is 1. The van der Waals surface area contributed by atoms with Gasteiger partial charge >= 0.3 is 0 Å². The van der Waals surface area contributed by atoms with Gasteiger partial charge < -0.3 is 15.0 Å². The van der Waals surface area contributed by atoms with Gasteiger partial charge in [0.1, 0.15) is 5.75 Å². The van der Waals surface area contributed by atoms with Crippen LogP contribution in [0.5, 0.6) is 5.75 Å². The number of benzene rings is 1. The van der Waals surface area contributed by atoms with Gasteiger partial charge in [-0.3, -0.25) is 4.79 Å².